The van der Waals surface area contributed by atoms with Gasteiger partial charge in [-0.15, -0.1) is 0 Å². The molecule has 32 heavy (non-hydrogen) atoms. The van der Waals surface area contributed by atoms with E-state index < -0.39 is 17.8 Å². The third-order valence-corrected chi connectivity index (χ3v) is 4.54. The number of hydrogen-bond acceptors (Lipinski definition) is 5. The SMILES string of the molecule is NC(N)=NCC(=O)Nc1ccc2oc(C(=O)Nc3ccc4[nH]c(C(=O)O)cc4c3)cc2c1. The number of fused-ring (bicyclic) bond motifs is 2. The van der Waals surface area contributed by atoms with E-state index in [-0.39, 0.29) is 24.0 Å². The van der Waals surface area contributed by atoms with Gasteiger partial charge in [0.15, 0.2) is 11.7 Å². The van der Waals surface area contributed by atoms with Gasteiger partial charge in [-0.2, -0.15) is 0 Å². The number of aliphatic imine (C=N–C) groups is 1. The van der Waals surface area contributed by atoms with Crippen molar-refractivity contribution in [3.8, 4) is 0 Å². The number of rotatable bonds is 6. The number of anilines is 2. The molecule has 0 fully saturated rings. The molecule has 8 N–H and O–H groups in total. The first-order chi connectivity index (χ1) is 15.3. The average Bonchev–Trinajstić information content (AvgIpc) is 3.36. The molecular weight excluding hydrogens is 416 g/mol. The molecule has 2 aromatic heterocycles. The van der Waals surface area contributed by atoms with Crippen LogP contribution in [0.2, 0.25) is 0 Å². The van der Waals surface area contributed by atoms with Crippen LogP contribution in [0.4, 0.5) is 11.4 Å². The van der Waals surface area contributed by atoms with Crippen LogP contribution in [0.3, 0.4) is 0 Å². The summed E-state index contributed by atoms with van der Waals surface area (Å²) in [6.45, 7) is -0.209. The van der Waals surface area contributed by atoms with E-state index in [4.69, 9.17) is 21.0 Å². The van der Waals surface area contributed by atoms with Crippen molar-refractivity contribution in [3.05, 3.63) is 60.0 Å². The van der Waals surface area contributed by atoms with Crippen LogP contribution in [0.25, 0.3) is 21.9 Å². The van der Waals surface area contributed by atoms with E-state index in [1.807, 2.05) is 0 Å². The van der Waals surface area contributed by atoms with Gasteiger partial charge < -0.3 is 36.6 Å². The van der Waals surface area contributed by atoms with Crippen molar-refractivity contribution in [1.29, 1.82) is 0 Å². The van der Waals surface area contributed by atoms with Crippen LogP contribution in [-0.2, 0) is 4.79 Å². The lowest BCUT2D eigenvalue weighted by molar-refractivity contribution is -0.114. The fourth-order valence-electron chi connectivity index (χ4n) is 3.11. The third-order valence-electron chi connectivity index (χ3n) is 4.54. The zero-order valence-electron chi connectivity index (χ0n) is 16.5. The largest absolute Gasteiger partial charge is 0.477 e. The maximum absolute atomic E-state index is 12.6. The summed E-state index contributed by atoms with van der Waals surface area (Å²) in [6, 6.07) is 12.9. The van der Waals surface area contributed by atoms with Crippen LogP contribution < -0.4 is 22.1 Å². The molecule has 0 aliphatic heterocycles. The number of carboxylic acid groups (broad SMARTS) is 1. The predicted octanol–water partition coefficient (Wildman–Crippen LogP) is 2.08. The Bertz CT molecular complexity index is 1400. The number of amides is 2. The van der Waals surface area contributed by atoms with Crippen LogP contribution in [0, 0.1) is 0 Å². The quantitative estimate of drug-likeness (QED) is 0.198. The molecule has 0 saturated carbocycles. The Hall–Kier alpha value is -4.80. The summed E-state index contributed by atoms with van der Waals surface area (Å²) in [6.07, 6.45) is 0. The number of nitrogens with zero attached hydrogens (tertiary/aromatic N) is 1. The lowest BCUT2D eigenvalue weighted by Crippen LogP contribution is -2.25. The first-order valence-corrected chi connectivity index (χ1v) is 9.35. The summed E-state index contributed by atoms with van der Waals surface area (Å²) < 4.78 is 5.60. The number of furan rings is 1. The molecule has 0 spiro atoms. The molecule has 2 heterocycles. The molecular formula is C21H18N6O5. The van der Waals surface area contributed by atoms with Crippen molar-refractivity contribution < 1.29 is 23.9 Å². The fraction of sp³-hybridized carbons (Fsp3) is 0.0476. The molecule has 2 aromatic carbocycles. The van der Waals surface area contributed by atoms with Crippen LogP contribution in [0.5, 0.6) is 0 Å². The number of hydrogen-bond donors (Lipinski definition) is 6. The van der Waals surface area contributed by atoms with Gasteiger partial charge in [0, 0.05) is 27.7 Å². The summed E-state index contributed by atoms with van der Waals surface area (Å²) >= 11 is 0. The van der Waals surface area contributed by atoms with Gasteiger partial charge in [-0.3, -0.25) is 9.59 Å². The Kier molecular flexibility index (Phi) is 5.21. The van der Waals surface area contributed by atoms with Crippen molar-refractivity contribution in [2.45, 2.75) is 0 Å². The molecule has 0 saturated heterocycles. The number of carboxylic acids is 1. The number of benzene rings is 2. The predicted molar refractivity (Wildman–Crippen MR) is 119 cm³/mol. The molecule has 0 aliphatic rings. The molecule has 162 valence electrons. The summed E-state index contributed by atoms with van der Waals surface area (Å²) in [4.78, 5) is 42.0. The molecule has 0 aliphatic carbocycles. The summed E-state index contributed by atoms with van der Waals surface area (Å²) in [5.74, 6) is -2.05. The highest BCUT2D eigenvalue weighted by Gasteiger charge is 2.14. The minimum Gasteiger partial charge on any atom is -0.477 e. The summed E-state index contributed by atoms with van der Waals surface area (Å²) in [5, 5.41) is 15.7. The second kappa shape index (κ2) is 8.14. The maximum atomic E-state index is 12.6. The lowest BCUT2D eigenvalue weighted by Gasteiger charge is -2.03. The molecule has 0 radical (unpaired) electrons. The smallest absolute Gasteiger partial charge is 0.352 e. The zero-order valence-corrected chi connectivity index (χ0v) is 16.5. The molecule has 0 atom stereocenters. The van der Waals surface area contributed by atoms with E-state index in [1.165, 1.54) is 6.07 Å². The van der Waals surface area contributed by atoms with Crippen molar-refractivity contribution in [1.82, 2.24) is 4.98 Å². The minimum atomic E-state index is -1.07. The first-order valence-electron chi connectivity index (χ1n) is 9.35. The number of aromatic carboxylic acids is 1. The first kappa shape index (κ1) is 20.5. The van der Waals surface area contributed by atoms with Gasteiger partial charge in [0.2, 0.25) is 5.91 Å². The van der Waals surface area contributed by atoms with E-state index in [2.05, 4.69) is 20.6 Å². The van der Waals surface area contributed by atoms with Crippen molar-refractivity contribution in [2.24, 2.45) is 16.5 Å². The molecule has 2 amide bonds. The molecule has 11 heteroatoms. The number of H-pyrrole nitrogens is 1. The number of guanidine groups is 1. The van der Waals surface area contributed by atoms with Crippen molar-refractivity contribution in [3.63, 3.8) is 0 Å². The molecule has 4 aromatic rings. The van der Waals surface area contributed by atoms with Crippen LogP contribution in [0.1, 0.15) is 21.0 Å². The van der Waals surface area contributed by atoms with Crippen molar-refractivity contribution >= 4 is 57.0 Å². The zero-order chi connectivity index (χ0) is 22.8. The van der Waals surface area contributed by atoms with Gasteiger partial charge in [0.25, 0.3) is 5.91 Å². The Morgan fingerprint density at radius 2 is 1.69 bits per heavy atom. The van der Waals surface area contributed by atoms with E-state index in [0.29, 0.717) is 33.2 Å². The average molecular weight is 434 g/mol. The third kappa shape index (κ3) is 4.36. The number of nitrogens with two attached hydrogens (primary N) is 2. The Labute approximate surface area is 180 Å². The van der Waals surface area contributed by atoms with E-state index in [9.17, 15) is 14.4 Å². The van der Waals surface area contributed by atoms with E-state index >= 15 is 0 Å². The van der Waals surface area contributed by atoms with Gasteiger partial charge >= 0.3 is 5.97 Å². The van der Waals surface area contributed by atoms with Gasteiger partial charge in [0.1, 0.15) is 17.8 Å². The van der Waals surface area contributed by atoms with E-state index in [1.54, 1.807) is 42.5 Å². The number of aromatic nitrogens is 1. The number of carbonyl (C=O) groups is 3. The number of carbonyl (C=O) groups excluding carboxylic acids is 2. The van der Waals surface area contributed by atoms with Gasteiger partial charge in [0.05, 0.1) is 0 Å². The minimum absolute atomic E-state index is 0.0574. The molecule has 11 nitrogen and oxygen atoms in total. The highest BCUT2D eigenvalue weighted by Crippen LogP contribution is 2.25. The highest BCUT2D eigenvalue weighted by atomic mass is 16.4. The summed E-state index contributed by atoms with van der Waals surface area (Å²) in [5.41, 5.74) is 12.5. The van der Waals surface area contributed by atoms with Crippen LogP contribution in [-0.4, -0.2) is 40.4 Å². The molecule has 0 bridgehead atoms. The van der Waals surface area contributed by atoms with Gasteiger partial charge in [-0.05, 0) is 48.5 Å². The second-order valence-corrected chi connectivity index (χ2v) is 6.90. The molecule has 4 rings (SSSR count). The topological polar surface area (TPSA) is 189 Å². The highest BCUT2D eigenvalue weighted by molar-refractivity contribution is 6.06. The Morgan fingerprint density at radius 3 is 2.44 bits per heavy atom. The summed E-state index contributed by atoms with van der Waals surface area (Å²) in [7, 11) is 0. The van der Waals surface area contributed by atoms with Crippen LogP contribution in [0.15, 0.2) is 57.9 Å². The van der Waals surface area contributed by atoms with Crippen molar-refractivity contribution in [2.75, 3.05) is 17.2 Å². The Morgan fingerprint density at radius 1 is 0.969 bits per heavy atom. The van der Waals surface area contributed by atoms with Gasteiger partial charge in [-0.1, -0.05) is 0 Å². The monoisotopic (exact) mass is 434 g/mol. The second-order valence-electron chi connectivity index (χ2n) is 6.90. The number of nitrogens with one attached hydrogen (secondary N) is 3. The standard InChI is InChI=1S/C21H18N6O5/c22-21(23)24-9-18(28)25-12-2-4-16-11(6-12)8-17(32-16)19(29)26-13-1-3-14-10(5-13)7-15(27-14)20(30)31/h1-8,27H,9H2,(H,25,28)(H,26,29)(H,30,31)(H4,22,23,24). The maximum Gasteiger partial charge on any atom is 0.352 e. The lowest BCUT2D eigenvalue weighted by atomic mass is 10.2. The van der Waals surface area contributed by atoms with E-state index in [0.717, 1.165) is 0 Å². The fourth-order valence-corrected chi connectivity index (χ4v) is 3.11. The molecule has 0 unspecified atom stereocenters. The Balaban J connectivity index is 1.50. The normalized spacial score (nSPS) is 10.8. The van der Waals surface area contributed by atoms with Crippen LogP contribution >= 0.6 is 0 Å². The number of aromatic amines is 1. The van der Waals surface area contributed by atoms with Gasteiger partial charge in [-0.25, -0.2) is 9.79 Å².